The van der Waals surface area contributed by atoms with Crippen LogP contribution in [0.25, 0.3) is 0 Å². The number of ether oxygens (including phenoxy) is 1. The van der Waals surface area contributed by atoms with Gasteiger partial charge in [-0.1, -0.05) is 50.2 Å². The molecule has 43 heavy (non-hydrogen) atoms. The van der Waals surface area contributed by atoms with E-state index in [4.69, 9.17) is 4.74 Å². The number of nitrogens with zero attached hydrogens (tertiary/aromatic N) is 1. The van der Waals surface area contributed by atoms with Gasteiger partial charge in [-0.3, -0.25) is 24.0 Å². The minimum atomic E-state index is -1.01. The van der Waals surface area contributed by atoms with Crippen LogP contribution in [0.3, 0.4) is 0 Å². The Kier molecular flexibility index (Phi) is 11.1. The lowest BCUT2D eigenvalue weighted by Gasteiger charge is -2.23. The van der Waals surface area contributed by atoms with Crippen molar-refractivity contribution in [3.05, 3.63) is 65.2 Å². The summed E-state index contributed by atoms with van der Waals surface area (Å²) in [6.45, 7) is 5.86. The zero-order chi connectivity index (χ0) is 30.8. The molecule has 0 unspecified atom stereocenters. The predicted octanol–water partition coefficient (Wildman–Crippen LogP) is 2.04. The highest BCUT2D eigenvalue weighted by atomic mass is 16.5. The van der Waals surface area contributed by atoms with Crippen LogP contribution in [0.4, 0.5) is 0 Å². The Morgan fingerprint density at radius 2 is 1.72 bits per heavy atom. The molecular formula is C32H41N5O6. The molecule has 1 saturated heterocycles. The van der Waals surface area contributed by atoms with E-state index in [1.165, 1.54) is 0 Å². The number of carbonyl (C=O) groups is 5. The van der Waals surface area contributed by atoms with E-state index < -0.39 is 23.9 Å². The summed E-state index contributed by atoms with van der Waals surface area (Å²) in [5.41, 5.74) is 2.13. The van der Waals surface area contributed by atoms with Gasteiger partial charge in [0.05, 0.1) is 12.2 Å². The fraction of sp³-hybridized carbons (Fsp3) is 0.469. The molecule has 4 N–H and O–H groups in total. The number of carbonyl (C=O) groups excluding carboxylic acids is 5. The number of likely N-dealkylation sites (tertiary alicyclic amines) is 1. The Morgan fingerprint density at radius 1 is 0.977 bits per heavy atom. The summed E-state index contributed by atoms with van der Waals surface area (Å²) in [7, 11) is 0. The van der Waals surface area contributed by atoms with Gasteiger partial charge in [-0.15, -0.1) is 0 Å². The fourth-order valence-electron chi connectivity index (χ4n) is 5.08. The van der Waals surface area contributed by atoms with Crippen LogP contribution < -0.4 is 26.0 Å². The highest BCUT2D eigenvalue weighted by molar-refractivity contribution is 5.99. The van der Waals surface area contributed by atoms with Crippen LogP contribution in [0, 0.1) is 5.92 Å². The molecule has 5 amide bonds. The van der Waals surface area contributed by atoms with E-state index in [9.17, 15) is 24.0 Å². The van der Waals surface area contributed by atoms with E-state index in [0.717, 1.165) is 24.1 Å². The van der Waals surface area contributed by atoms with Crippen molar-refractivity contribution in [2.75, 3.05) is 19.7 Å². The first-order valence-electron chi connectivity index (χ1n) is 14.9. The minimum absolute atomic E-state index is 0.0294. The van der Waals surface area contributed by atoms with Crippen LogP contribution >= 0.6 is 0 Å². The molecule has 2 aliphatic rings. The Hall–Kier alpha value is -4.41. The summed E-state index contributed by atoms with van der Waals surface area (Å²) in [4.78, 5) is 66.0. The molecule has 2 aromatic carbocycles. The van der Waals surface area contributed by atoms with Gasteiger partial charge in [0.2, 0.25) is 23.6 Å². The average Bonchev–Trinajstić information content (AvgIpc) is 3.40. The van der Waals surface area contributed by atoms with Crippen LogP contribution in [0.15, 0.2) is 48.5 Å². The number of nitrogens with one attached hydrogen (secondary N) is 4. The van der Waals surface area contributed by atoms with Gasteiger partial charge in [0.1, 0.15) is 17.8 Å². The summed E-state index contributed by atoms with van der Waals surface area (Å²) in [5, 5.41) is 11.3. The first kappa shape index (κ1) is 31.5. The lowest BCUT2D eigenvalue weighted by Crippen LogP contribution is -2.51. The quantitative estimate of drug-likeness (QED) is 0.405. The van der Waals surface area contributed by atoms with Crippen LogP contribution in [-0.4, -0.2) is 66.2 Å². The summed E-state index contributed by atoms with van der Waals surface area (Å²) in [5.74, 6) is -1.21. The van der Waals surface area contributed by atoms with Gasteiger partial charge >= 0.3 is 0 Å². The van der Waals surface area contributed by atoms with Gasteiger partial charge < -0.3 is 30.9 Å². The van der Waals surface area contributed by atoms with E-state index in [0.29, 0.717) is 31.7 Å². The first-order valence-corrected chi connectivity index (χ1v) is 14.9. The van der Waals surface area contributed by atoms with E-state index >= 15 is 0 Å². The van der Waals surface area contributed by atoms with Crippen LogP contribution in [0.5, 0.6) is 5.75 Å². The second-order valence-corrected chi connectivity index (χ2v) is 11.3. The molecule has 0 saturated carbocycles. The first-order chi connectivity index (χ1) is 20.7. The zero-order valence-corrected chi connectivity index (χ0v) is 24.8. The predicted molar refractivity (Wildman–Crippen MR) is 160 cm³/mol. The van der Waals surface area contributed by atoms with E-state index in [1.807, 2.05) is 43.0 Å². The topological polar surface area (TPSA) is 146 Å². The third-order valence-electron chi connectivity index (χ3n) is 7.59. The van der Waals surface area contributed by atoms with Crippen molar-refractivity contribution in [3.8, 4) is 5.75 Å². The third kappa shape index (κ3) is 9.04. The van der Waals surface area contributed by atoms with Gasteiger partial charge in [-0.25, -0.2) is 0 Å². The molecule has 0 bridgehead atoms. The maximum Gasteiger partial charge on any atom is 0.255 e. The summed E-state index contributed by atoms with van der Waals surface area (Å²) < 4.78 is 5.84. The Balaban J connectivity index is 1.45. The van der Waals surface area contributed by atoms with Crippen molar-refractivity contribution in [2.24, 2.45) is 5.92 Å². The van der Waals surface area contributed by atoms with Crippen molar-refractivity contribution in [2.45, 2.75) is 71.1 Å². The Bertz CT molecular complexity index is 1310. The molecule has 0 aromatic heterocycles. The molecule has 2 atom stereocenters. The van der Waals surface area contributed by atoms with Gasteiger partial charge in [0.15, 0.2) is 0 Å². The molecule has 2 aliphatic heterocycles. The average molecular weight is 592 g/mol. The SMILES string of the molecule is CC(C)[C@H]1NC(=O)CC[C@@H](C(=O)NCc2ccc(CN3CCCC3=O)cc2)NC(=O)c2ccccc2OCCCNC1=O. The maximum absolute atomic E-state index is 13.3. The van der Waals surface area contributed by atoms with Gasteiger partial charge in [-0.2, -0.15) is 0 Å². The highest BCUT2D eigenvalue weighted by Gasteiger charge is 2.27. The summed E-state index contributed by atoms with van der Waals surface area (Å²) in [6.07, 6.45) is 1.94. The van der Waals surface area contributed by atoms with E-state index in [1.54, 1.807) is 24.3 Å². The molecule has 4 rings (SSSR count). The van der Waals surface area contributed by atoms with Crippen molar-refractivity contribution < 1.29 is 28.7 Å². The standard InChI is InChI=1S/C32H41N5O6/c1-21(2)29-32(42)33-16-6-18-43-26-8-4-3-7-24(26)30(40)35-25(14-15-27(38)36-29)31(41)34-19-22-10-12-23(13-11-22)20-37-17-5-9-28(37)39/h3-4,7-8,10-13,21,25,29H,5-6,9,14-20H2,1-2H3,(H,33,42)(H,34,41)(H,35,40)(H,36,38)/t25-,29+/m0/s1. The Morgan fingerprint density at radius 3 is 2.44 bits per heavy atom. The fourth-order valence-corrected chi connectivity index (χ4v) is 5.08. The van der Waals surface area contributed by atoms with Crippen LogP contribution in [-0.2, 0) is 32.3 Å². The molecule has 230 valence electrons. The molecule has 0 aliphatic carbocycles. The van der Waals surface area contributed by atoms with Crippen molar-refractivity contribution in [1.29, 1.82) is 0 Å². The third-order valence-corrected chi connectivity index (χ3v) is 7.59. The molecule has 2 heterocycles. The number of para-hydroxylation sites is 1. The minimum Gasteiger partial charge on any atom is -0.493 e. The van der Waals surface area contributed by atoms with Crippen molar-refractivity contribution in [3.63, 3.8) is 0 Å². The molecular weight excluding hydrogens is 550 g/mol. The second-order valence-electron chi connectivity index (χ2n) is 11.3. The van der Waals surface area contributed by atoms with Gasteiger partial charge in [0.25, 0.3) is 5.91 Å². The number of hydrogen-bond acceptors (Lipinski definition) is 6. The number of rotatable bonds is 6. The summed E-state index contributed by atoms with van der Waals surface area (Å²) >= 11 is 0. The molecule has 0 radical (unpaired) electrons. The molecule has 1 fully saturated rings. The molecule has 11 heteroatoms. The smallest absolute Gasteiger partial charge is 0.255 e. The molecule has 2 aromatic rings. The van der Waals surface area contributed by atoms with Crippen molar-refractivity contribution >= 4 is 29.5 Å². The van der Waals surface area contributed by atoms with Gasteiger partial charge in [-0.05, 0) is 48.4 Å². The summed E-state index contributed by atoms with van der Waals surface area (Å²) in [6, 6.07) is 12.7. The molecule has 0 spiro atoms. The molecule has 11 nitrogen and oxygen atoms in total. The van der Waals surface area contributed by atoms with E-state index in [2.05, 4.69) is 21.3 Å². The lowest BCUT2D eigenvalue weighted by atomic mass is 10.0. The van der Waals surface area contributed by atoms with Crippen molar-refractivity contribution in [1.82, 2.24) is 26.2 Å². The number of amides is 5. The van der Waals surface area contributed by atoms with Crippen LogP contribution in [0.1, 0.15) is 67.4 Å². The maximum atomic E-state index is 13.3. The monoisotopic (exact) mass is 591 g/mol. The number of benzene rings is 2. The number of fused-ring (bicyclic) bond motifs is 1. The zero-order valence-electron chi connectivity index (χ0n) is 24.8. The Labute approximate surface area is 252 Å². The normalized spacial score (nSPS) is 20.5. The number of hydrogen-bond donors (Lipinski definition) is 4. The lowest BCUT2D eigenvalue weighted by molar-refractivity contribution is -0.130. The largest absolute Gasteiger partial charge is 0.493 e. The second kappa shape index (κ2) is 15.2. The van der Waals surface area contributed by atoms with E-state index in [-0.39, 0.29) is 55.2 Å². The van der Waals surface area contributed by atoms with Gasteiger partial charge in [0, 0.05) is 39.0 Å². The highest BCUT2D eigenvalue weighted by Crippen LogP contribution is 2.19. The van der Waals surface area contributed by atoms with Crippen LogP contribution in [0.2, 0.25) is 0 Å².